The highest BCUT2D eigenvalue weighted by Gasteiger charge is 2.32. The molecule has 8 heteroatoms. The number of rotatable bonds is 5. The molecule has 3 aromatic rings. The number of oxazole rings is 1. The van der Waals surface area contributed by atoms with Gasteiger partial charge in [-0.3, -0.25) is 9.78 Å². The summed E-state index contributed by atoms with van der Waals surface area (Å²) in [5.41, 5.74) is 7.16. The monoisotopic (exact) mass is 398 g/mol. The minimum absolute atomic E-state index is 0.0211. The van der Waals surface area contributed by atoms with Crippen LogP contribution in [0.1, 0.15) is 17.3 Å². The van der Waals surface area contributed by atoms with Crippen LogP contribution in [0.5, 0.6) is 0 Å². The third kappa shape index (κ3) is 4.11. The van der Waals surface area contributed by atoms with Gasteiger partial charge in [-0.15, -0.1) is 0 Å². The highest BCUT2D eigenvalue weighted by molar-refractivity contribution is 5.81. The van der Waals surface area contributed by atoms with Crippen molar-refractivity contribution in [3.8, 4) is 11.3 Å². The maximum atomic E-state index is 14.0. The summed E-state index contributed by atoms with van der Waals surface area (Å²) in [5.74, 6) is 0.282. The van der Waals surface area contributed by atoms with Crippen molar-refractivity contribution in [3.63, 3.8) is 0 Å². The number of hydrogen-bond donors (Lipinski definition) is 1. The second kappa shape index (κ2) is 7.62. The van der Waals surface area contributed by atoms with Crippen LogP contribution >= 0.6 is 0 Å². The number of carbonyl (C=O) groups excluding carboxylic acids is 1. The standard InChI is InChI=1S/C21H20F2N4O2/c1-12-9-25-20(29-12)6-13-10-27(11-13)21(28)8-19-17(24)4-5-18(26-19)15-3-2-14(22)7-16(15)23/h2-5,7,9,13H,6,8,10-11,24H2,1H3. The maximum absolute atomic E-state index is 14.0. The number of aryl methyl sites for hydroxylation is 1. The molecule has 1 saturated heterocycles. The zero-order chi connectivity index (χ0) is 20.5. The Morgan fingerprint density at radius 3 is 2.76 bits per heavy atom. The van der Waals surface area contributed by atoms with Crippen molar-refractivity contribution in [1.82, 2.24) is 14.9 Å². The van der Waals surface area contributed by atoms with E-state index in [9.17, 15) is 13.6 Å². The second-order valence-electron chi connectivity index (χ2n) is 7.27. The van der Waals surface area contributed by atoms with Crippen molar-refractivity contribution < 1.29 is 18.0 Å². The molecule has 1 fully saturated rings. The molecule has 0 unspecified atom stereocenters. The Balaban J connectivity index is 1.41. The number of nitrogen functional groups attached to an aromatic ring is 1. The summed E-state index contributed by atoms with van der Waals surface area (Å²) in [6.07, 6.45) is 2.40. The van der Waals surface area contributed by atoms with Gasteiger partial charge in [0.05, 0.1) is 29.7 Å². The molecule has 1 aliphatic rings. The second-order valence-corrected chi connectivity index (χ2v) is 7.27. The molecule has 2 N–H and O–H groups in total. The molecule has 1 amide bonds. The van der Waals surface area contributed by atoms with E-state index in [1.807, 2.05) is 6.92 Å². The lowest BCUT2D eigenvalue weighted by Crippen LogP contribution is -2.51. The number of hydrogen-bond acceptors (Lipinski definition) is 5. The van der Waals surface area contributed by atoms with Gasteiger partial charge in [0.15, 0.2) is 5.89 Å². The van der Waals surface area contributed by atoms with E-state index in [4.69, 9.17) is 10.2 Å². The number of nitrogens with zero attached hydrogens (tertiary/aromatic N) is 3. The lowest BCUT2D eigenvalue weighted by Gasteiger charge is -2.38. The van der Waals surface area contributed by atoms with Crippen molar-refractivity contribution in [1.29, 1.82) is 0 Å². The van der Waals surface area contributed by atoms with Crippen LogP contribution in [-0.4, -0.2) is 33.9 Å². The first kappa shape index (κ1) is 19.0. The summed E-state index contributed by atoms with van der Waals surface area (Å²) in [6.45, 7) is 3.08. The largest absolute Gasteiger partial charge is 0.446 e. The van der Waals surface area contributed by atoms with E-state index in [1.165, 1.54) is 6.07 Å². The number of carbonyl (C=O) groups is 1. The van der Waals surface area contributed by atoms with E-state index >= 15 is 0 Å². The Morgan fingerprint density at radius 1 is 1.28 bits per heavy atom. The van der Waals surface area contributed by atoms with Crippen LogP contribution in [0.15, 0.2) is 40.9 Å². The van der Waals surface area contributed by atoms with Gasteiger partial charge in [-0.2, -0.15) is 0 Å². The van der Waals surface area contributed by atoms with Crippen molar-refractivity contribution in [2.24, 2.45) is 5.92 Å². The predicted octanol–water partition coefficient (Wildman–Crippen LogP) is 3.15. The van der Waals surface area contributed by atoms with Crippen molar-refractivity contribution >= 4 is 11.6 Å². The van der Waals surface area contributed by atoms with E-state index in [2.05, 4.69) is 9.97 Å². The molecule has 6 nitrogen and oxygen atoms in total. The zero-order valence-corrected chi connectivity index (χ0v) is 15.9. The number of likely N-dealkylation sites (tertiary alicyclic amines) is 1. The number of pyridine rings is 1. The van der Waals surface area contributed by atoms with Crippen molar-refractivity contribution in [2.45, 2.75) is 19.8 Å². The van der Waals surface area contributed by atoms with E-state index in [0.29, 0.717) is 48.4 Å². The number of amides is 1. The fraction of sp³-hybridized carbons (Fsp3) is 0.286. The summed E-state index contributed by atoms with van der Waals surface area (Å²) < 4.78 is 32.7. The average molecular weight is 398 g/mol. The SMILES string of the molecule is Cc1cnc(CC2CN(C(=O)Cc3nc(-c4ccc(F)cc4F)ccc3N)C2)o1. The zero-order valence-electron chi connectivity index (χ0n) is 15.9. The molecular formula is C21H20F2N4O2. The number of nitrogens with two attached hydrogens (primary N) is 1. The molecule has 29 heavy (non-hydrogen) atoms. The van der Waals surface area contributed by atoms with Crippen LogP contribution in [0.2, 0.25) is 0 Å². The van der Waals surface area contributed by atoms with E-state index in [1.54, 1.807) is 23.2 Å². The smallest absolute Gasteiger partial charge is 0.228 e. The Hall–Kier alpha value is -3.29. The minimum atomic E-state index is -0.716. The summed E-state index contributed by atoms with van der Waals surface area (Å²) in [5, 5.41) is 0. The van der Waals surface area contributed by atoms with E-state index < -0.39 is 11.6 Å². The predicted molar refractivity (Wildman–Crippen MR) is 103 cm³/mol. The summed E-state index contributed by atoms with van der Waals surface area (Å²) in [6, 6.07) is 6.42. The van der Waals surface area contributed by atoms with Crippen LogP contribution in [-0.2, 0) is 17.6 Å². The Bertz CT molecular complexity index is 1060. The maximum Gasteiger partial charge on any atom is 0.228 e. The molecule has 2 aromatic heterocycles. The first-order valence-corrected chi connectivity index (χ1v) is 9.29. The van der Waals surface area contributed by atoms with Crippen LogP contribution in [0, 0.1) is 24.5 Å². The molecule has 0 bridgehead atoms. The third-order valence-electron chi connectivity index (χ3n) is 4.98. The number of aromatic nitrogens is 2. The third-order valence-corrected chi connectivity index (χ3v) is 4.98. The molecule has 150 valence electrons. The topological polar surface area (TPSA) is 85.2 Å². The first-order valence-electron chi connectivity index (χ1n) is 9.29. The van der Waals surface area contributed by atoms with Gasteiger partial charge in [0, 0.05) is 37.1 Å². The van der Waals surface area contributed by atoms with Gasteiger partial charge in [-0.1, -0.05) is 0 Å². The van der Waals surface area contributed by atoms with E-state index in [-0.39, 0.29) is 17.9 Å². The molecule has 1 aliphatic heterocycles. The summed E-state index contributed by atoms with van der Waals surface area (Å²) in [4.78, 5) is 22.8. The van der Waals surface area contributed by atoms with Gasteiger partial charge in [0.2, 0.25) is 5.91 Å². The first-order chi connectivity index (χ1) is 13.9. The lowest BCUT2D eigenvalue weighted by molar-refractivity contribution is -0.136. The van der Waals surface area contributed by atoms with Gasteiger partial charge < -0.3 is 15.1 Å². The molecule has 0 radical (unpaired) electrons. The van der Waals surface area contributed by atoms with Gasteiger partial charge in [-0.05, 0) is 31.2 Å². The highest BCUT2D eigenvalue weighted by atomic mass is 19.1. The molecular weight excluding hydrogens is 378 g/mol. The Kier molecular flexibility index (Phi) is 5.00. The van der Waals surface area contributed by atoms with Crippen LogP contribution in [0.4, 0.5) is 14.5 Å². The average Bonchev–Trinajstić information content (AvgIpc) is 3.05. The summed E-state index contributed by atoms with van der Waals surface area (Å²) in [7, 11) is 0. The number of benzene rings is 1. The van der Waals surface area contributed by atoms with Crippen molar-refractivity contribution in [3.05, 3.63) is 65.5 Å². The highest BCUT2D eigenvalue weighted by Crippen LogP contribution is 2.26. The fourth-order valence-electron chi connectivity index (χ4n) is 3.40. The Labute approximate surface area is 166 Å². The van der Waals surface area contributed by atoms with E-state index in [0.717, 1.165) is 17.9 Å². The molecule has 1 aromatic carbocycles. The number of anilines is 1. The normalized spacial score (nSPS) is 14.1. The molecule has 0 atom stereocenters. The molecule has 4 rings (SSSR count). The summed E-state index contributed by atoms with van der Waals surface area (Å²) >= 11 is 0. The van der Waals surface area contributed by atoms with Crippen LogP contribution in [0.3, 0.4) is 0 Å². The molecule has 0 aliphatic carbocycles. The van der Waals surface area contributed by atoms with Crippen LogP contribution < -0.4 is 5.73 Å². The number of halogens is 2. The van der Waals surface area contributed by atoms with Gasteiger partial charge in [0.25, 0.3) is 0 Å². The van der Waals surface area contributed by atoms with Gasteiger partial charge in [-0.25, -0.2) is 13.8 Å². The van der Waals surface area contributed by atoms with Crippen LogP contribution in [0.25, 0.3) is 11.3 Å². The molecule has 0 saturated carbocycles. The van der Waals surface area contributed by atoms with Gasteiger partial charge in [0.1, 0.15) is 17.4 Å². The van der Waals surface area contributed by atoms with Gasteiger partial charge >= 0.3 is 0 Å². The quantitative estimate of drug-likeness (QED) is 0.714. The van der Waals surface area contributed by atoms with Crippen molar-refractivity contribution in [2.75, 3.05) is 18.8 Å². The molecule has 3 heterocycles. The molecule has 0 spiro atoms. The lowest BCUT2D eigenvalue weighted by atomic mass is 9.95. The fourth-order valence-corrected chi connectivity index (χ4v) is 3.40. The Morgan fingerprint density at radius 2 is 2.07 bits per heavy atom. The minimum Gasteiger partial charge on any atom is -0.446 e.